The molecule has 23 heavy (non-hydrogen) atoms. The SMILES string of the molecule is O=C(CSc1ccc(F)c(F)c1)Nc1ccnn1C1CCCC1. The van der Waals surface area contributed by atoms with E-state index in [2.05, 4.69) is 10.4 Å². The molecule has 1 heterocycles. The first-order valence-corrected chi connectivity index (χ1v) is 8.53. The summed E-state index contributed by atoms with van der Waals surface area (Å²) in [5.74, 6) is -1.18. The van der Waals surface area contributed by atoms with E-state index in [1.165, 1.54) is 18.9 Å². The third-order valence-electron chi connectivity index (χ3n) is 3.87. The van der Waals surface area contributed by atoms with Crippen LogP contribution in [0.1, 0.15) is 31.7 Å². The van der Waals surface area contributed by atoms with E-state index in [-0.39, 0.29) is 11.7 Å². The molecule has 0 saturated heterocycles. The van der Waals surface area contributed by atoms with Crippen LogP contribution in [0.2, 0.25) is 0 Å². The molecule has 0 atom stereocenters. The number of rotatable bonds is 5. The van der Waals surface area contributed by atoms with Crippen molar-refractivity contribution < 1.29 is 13.6 Å². The van der Waals surface area contributed by atoms with Crippen molar-refractivity contribution in [3.8, 4) is 0 Å². The minimum atomic E-state index is -0.908. The number of hydrogen-bond donors (Lipinski definition) is 1. The van der Waals surface area contributed by atoms with E-state index in [1.54, 1.807) is 12.3 Å². The molecule has 0 bridgehead atoms. The molecule has 0 radical (unpaired) electrons. The van der Waals surface area contributed by atoms with E-state index >= 15 is 0 Å². The molecule has 1 aromatic heterocycles. The summed E-state index contributed by atoms with van der Waals surface area (Å²) in [6.07, 6.45) is 6.20. The second-order valence-electron chi connectivity index (χ2n) is 5.51. The zero-order valence-electron chi connectivity index (χ0n) is 12.5. The number of anilines is 1. The largest absolute Gasteiger partial charge is 0.310 e. The van der Waals surface area contributed by atoms with E-state index < -0.39 is 11.6 Å². The lowest BCUT2D eigenvalue weighted by Crippen LogP contribution is -2.19. The summed E-state index contributed by atoms with van der Waals surface area (Å²) in [6.45, 7) is 0. The maximum absolute atomic E-state index is 13.1. The number of hydrogen-bond acceptors (Lipinski definition) is 3. The van der Waals surface area contributed by atoms with Gasteiger partial charge in [-0.1, -0.05) is 12.8 Å². The molecular formula is C16H17F2N3OS. The number of carbonyl (C=O) groups is 1. The summed E-state index contributed by atoms with van der Waals surface area (Å²) in [7, 11) is 0. The number of carbonyl (C=O) groups excluding carboxylic acids is 1. The van der Waals surface area contributed by atoms with Gasteiger partial charge in [-0.05, 0) is 31.0 Å². The summed E-state index contributed by atoms with van der Waals surface area (Å²) in [5.41, 5.74) is 0. The number of nitrogens with zero attached hydrogens (tertiary/aromatic N) is 2. The van der Waals surface area contributed by atoms with Crippen LogP contribution in [0, 0.1) is 11.6 Å². The Kier molecular flexibility index (Phi) is 4.95. The van der Waals surface area contributed by atoms with Gasteiger partial charge in [0.1, 0.15) is 5.82 Å². The van der Waals surface area contributed by atoms with Crippen molar-refractivity contribution in [1.29, 1.82) is 0 Å². The highest BCUT2D eigenvalue weighted by atomic mass is 32.2. The smallest absolute Gasteiger partial charge is 0.235 e. The minimum Gasteiger partial charge on any atom is -0.310 e. The number of halogens is 2. The van der Waals surface area contributed by atoms with E-state index in [4.69, 9.17) is 0 Å². The van der Waals surface area contributed by atoms with Gasteiger partial charge in [0.25, 0.3) is 0 Å². The molecule has 7 heteroatoms. The van der Waals surface area contributed by atoms with Crippen LogP contribution in [0.4, 0.5) is 14.6 Å². The molecule has 1 fully saturated rings. The Bertz CT molecular complexity index is 698. The summed E-state index contributed by atoms with van der Waals surface area (Å²) >= 11 is 1.16. The molecular weight excluding hydrogens is 320 g/mol. The predicted octanol–water partition coefficient (Wildman–Crippen LogP) is 4.01. The van der Waals surface area contributed by atoms with Gasteiger partial charge in [0, 0.05) is 11.0 Å². The van der Waals surface area contributed by atoms with Crippen LogP contribution in [0.3, 0.4) is 0 Å². The summed E-state index contributed by atoms with van der Waals surface area (Å²) in [4.78, 5) is 12.6. The molecule has 1 saturated carbocycles. The van der Waals surface area contributed by atoms with Gasteiger partial charge in [0.2, 0.25) is 5.91 Å². The molecule has 122 valence electrons. The highest BCUT2D eigenvalue weighted by Gasteiger charge is 2.20. The minimum absolute atomic E-state index is 0.126. The normalized spacial score (nSPS) is 15.0. The molecule has 4 nitrogen and oxygen atoms in total. The molecule has 0 spiro atoms. The Hall–Kier alpha value is -1.89. The number of aromatic nitrogens is 2. The third kappa shape index (κ3) is 3.90. The first-order chi connectivity index (χ1) is 11.1. The average molecular weight is 337 g/mol. The lowest BCUT2D eigenvalue weighted by atomic mass is 10.2. The fraction of sp³-hybridized carbons (Fsp3) is 0.375. The van der Waals surface area contributed by atoms with Crippen molar-refractivity contribution in [2.75, 3.05) is 11.1 Å². The van der Waals surface area contributed by atoms with Crippen LogP contribution >= 0.6 is 11.8 Å². The molecule has 2 aromatic rings. The molecule has 1 aliphatic carbocycles. The van der Waals surface area contributed by atoms with Crippen molar-refractivity contribution in [2.24, 2.45) is 0 Å². The summed E-state index contributed by atoms with van der Waals surface area (Å²) < 4.78 is 27.9. The van der Waals surface area contributed by atoms with Gasteiger partial charge in [-0.25, -0.2) is 13.5 Å². The fourth-order valence-electron chi connectivity index (χ4n) is 2.75. The standard InChI is InChI=1S/C16H17F2N3OS/c17-13-6-5-12(9-14(13)18)23-10-16(22)20-15-7-8-19-21(15)11-3-1-2-4-11/h5-9,11H,1-4,10H2,(H,20,22). The molecule has 1 amide bonds. The Labute approximate surface area is 137 Å². The lowest BCUT2D eigenvalue weighted by molar-refractivity contribution is -0.113. The topological polar surface area (TPSA) is 46.9 Å². The second kappa shape index (κ2) is 7.12. The van der Waals surface area contributed by atoms with Gasteiger partial charge in [0.15, 0.2) is 11.6 Å². The van der Waals surface area contributed by atoms with Crippen LogP contribution in [0.15, 0.2) is 35.4 Å². The van der Waals surface area contributed by atoms with Gasteiger partial charge < -0.3 is 5.32 Å². The predicted molar refractivity (Wildman–Crippen MR) is 85.4 cm³/mol. The molecule has 0 aliphatic heterocycles. The van der Waals surface area contributed by atoms with Crippen LogP contribution in [0.25, 0.3) is 0 Å². The maximum atomic E-state index is 13.1. The van der Waals surface area contributed by atoms with Gasteiger partial charge in [-0.2, -0.15) is 5.10 Å². The molecule has 1 aliphatic rings. The maximum Gasteiger partial charge on any atom is 0.235 e. The number of thioether (sulfide) groups is 1. The van der Waals surface area contributed by atoms with Crippen molar-refractivity contribution >= 4 is 23.5 Å². The van der Waals surface area contributed by atoms with Gasteiger partial charge in [0.05, 0.1) is 18.0 Å². The zero-order valence-corrected chi connectivity index (χ0v) is 13.3. The number of amides is 1. The van der Waals surface area contributed by atoms with Crippen molar-refractivity contribution in [2.45, 2.75) is 36.6 Å². The van der Waals surface area contributed by atoms with Gasteiger partial charge in [-0.15, -0.1) is 11.8 Å². The van der Waals surface area contributed by atoms with Crippen molar-refractivity contribution in [3.05, 3.63) is 42.1 Å². The van der Waals surface area contributed by atoms with Crippen molar-refractivity contribution in [1.82, 2.24) is 9.78 Å². The average Bonchev–Trinajstić information content (AvgIpc) is 3.19. The van der Waals surface area contributed by atoms with Crippen LogP contribution < -0.4 is 5.32 Å². The number of benzene rings is 1. The van der Waals surface area contributed by atoms with Gasteiger partial charge >= 0.3 is 0 Å². The van der Waals surface area contributed by atoms with E-state index in [0.717, 1.165) is 36.7 Å². The number of nitrogens with one attached hydrogen (secondary N) is 1. The first kappa shape index (κ1) is 16.0. The van der Waals surface area contributed by atoms with Crippen LogP contribution in [-0.4, -0.2) is 21.4 Å². The van der Waals surface area contributed by atoms with Crippen molar-refractivity contribution in [3.63, 3.8) is 0 Å². The first-order valence-electron chi connectivity index (χ1n) is 7.54. The summed E-state index contributed by atoms with van der Waals surface area (Å²) in [6, 6.07) is 5.73. The van der Waals surface area contributed by atoms with E-state index in [0.29, 0.717) is 16.8 Å². The van der Waals surface area contributed by atoms with E-state index in [9.17, 15) is 13.6 Å². The molecule has 0 unspecified atom stereocenters. The Balaban J connectivity index is 1.57. The van der Waals surface area contributed by atoms with Gasteiger partial charge in [-0.3, -0.25) is 4.79 Å². The highest BCUT2D eigenvalue weighted by molar-refractivity contribution is 8.00. The van der Waals surface area contributed by atoms with Crippen LogP contribution in [-0.2, 0) is 4.79 Å². The molecule has 1 aromatic carbocycles. The summed E-state index contributed by atoms with van der Waals surface area (Å²) in [5, 5.41) is 7.13. The molecule has 1 N–H and O–H groups in total. The second-order valence-corrected chi connectivity index (χ2v) is 6.56. The third-order valence-corrected chi connectivity index (χ3v) is 4.86. The Morgan fingerprint density at radius 3 is 2.78 bits per heavy atom. The molecule has 3 rings (SSSR count). The lowest BCUT2D eigenvalue weighted by Gasteiger charge is -2.14. The Morgan fingerprint density at radius 2 is 2.04 bits per heavy atom. The highest BCUT2D eigenvalue weighted by Crippen LogP contribution is 2.31. The van der Waals surface area contributed by atoms with Crippen LogP contribution in [0.5, 0.6) is 0 Å². The zero-order chi connectivity index (χ0) is 16.2. The quantitative estimate of drug-likeness (QED) is 0.839. The fourth-order valence-corrected chi connectivity index (χ4v) is 3.47. The monoisotopic (exact) mass is 337 g/mol. The van der Waals surface area contributed by atoms with E-state index in [1.807, 2.05) is 4.68 Å². The Morgan fingerprint density at radius 1 is 1.26 bits per heavy atom.